The molecule has 18 heavy (non-hydrogen) atoms. The molecule has 0 aromatic carbocycles. The predicted octanol–water partition coefficient (Wildman–Crippen LogP) is 3.61. The zero-order valence-corrected chi connectivity index (χ0v) is 12.3. The smallest absolute Gasteiger partial charge is 0.180 e. The summed E-state index contributed by atoms with van der Waals surface area (Å²) in [5, 5.41) is 10.9. The van der Waals surface area contributed by atoms with Crippen LogP contribution in [-0.4, -0.2) is 10.1 Å². The first kappa shape index (κ1) is 13.8. The van der Waals surface area contributed by atoms with Gasteiger partial charge in [0.25, 0.3) is 0 Å². The van der Waals surface area contributed by atoms with Gasteiger partial charge in [0.1, 0.15) is 0 Å². The van der Waals surface area contributed by atoms with Crippen LogP contribution in [0.2, 0.25) is 0 Å². The van der Waals surface area contributed by atoms with Gasteiger partial charge in [0.05, 0.1) is 11.0 Å². The molecule has 1 atom stereocenters. The molecule has 3 nitrogen and oxygen atoms in total. The molecule has 0 saturated heterocycles. The Morgan fingerprint density at radius 3 is 2.39 bits per heavy atom. The third-order valence-electron chi connectivity index (χ3n) is 4.28. The van der Waals surface area contributed by atoms with Crippen LogP contribution in [0.5, 0.6) is 0 Å². The summed E-state index contributed by atoms with van der Waals surface area (Å²) >= 11 is 1.41. The molecule has 4 heteroatoms. The van der Waals surface area contributed by atoms with E-state index in [2.05, 4.69) is 25.8 Å². The number of hydrogen-bond acceptors (Lipinski definition) is 4. The summed E-state index contributed by atoms with van der Waals surface area (Å²) in [5.41, 5.74) is 6.02. The first-order valence-corrected chi connectivity index (χ1v) is 7.59. The van der Waals surface area contributed by atoms with Gasteiger partial charge in [-0.15, -0.1) is 0 Å². The SMILES string of the molecule is CC(C)(C)C1CCC(C(O)c2cnc(N)s2)CC1. The van der Waals surface area contributed by atoms with E-state index in [1.54, 1.807) is 6.20 Å². The van der Waals surface area contributed by atoms with Crippen LogP contribution < -0.4 is 5.73 Å². The number of rotatable bonds is 2. The second-order valence-electron chi connectivity index (χ2n) is 6.52. The van der Waals surface area contributed by atoms with E-state index in [1.807, 2.05) is 0 Å². The standard InChI is InChI=1S/C14H24N2OS/c1-14(2,3)10-6-4-9(5-7-10)12(17)11-8-16-13(15)18-11/h8-10,12,17H,4-7H2,1-3H3,(H2,15,16). The van der Waals surface area contributed by atoms with Crippen LogP contribution in [0.1, 0.15) is 57.4 Å². The van der Waals surface area contributed by atoms with Gasteiger partial charge in [-0.2, -0.15) is 0 Å². The number of hydrogen-bond donors (Lipinski definition) is 2. The van der Waals surface area contributed by atoms with E-state index in [0.717, 1.165) is 23.6 Å². The molecule has 1 aromatic heterocycles. The summed E-state index contributed by atoms with van der Waals surface area (Å²) in [7, 11) is 0. The lowest BCUT2D eigenvalue weighted by Gasteiger charge is -2.38. The lowest BCUT2D eigenvalue weighted by molar-refractivity contribution is 0.0548. The van der Waals surface area contributed by atoms with Crippen LogP contribution in [0, 0.1) is 17.3 Å². The molecule has 0 spiro atoms. The minimum atomic E-state index is -0.374. The Bertz CT molecular complexity index is 389. The van der Waals surface area contributed by atoms with Crippen molar-refractivity contribution < 1.29 is 5.11 Å². The van der Waals surface area contributed by atoms with Gasteiger partial charge in [0.15, 0.2) is 5.13 Å². The number of anilines is 1. The lowest BCUT2D eigenvalue weighted by atomic mass is 9.69. The molecule has 0 aliphatic heterocycles. The third kappa shape index (κ3) is 3.04. The van der Waals surface area contributed by atoms with Gasteiger partial charge in [-0.25, -0.2) is 4.98 Å². The van der Waals surface area contributed by atoms with E-state index in [9.17, 15) is 5.11 Å². The van der Waals surface area contributed by atoms with Crippen molar-refractivity contribution in [2.75, 3.05) is 5.73 Å². The minimum absolute atomic E-state index is 0.374. The molecule has 1 heterocycles. The Balaban J connectivity index is 1.94. The van der Waals surface area contributed by atoms with Gasteiger partial charge >= 0.3 is 0 Å². The normalized spacial score (nSPS) is 27.1. The monoisotopic (exact) mass is 268 g/mol. The Labute approximate surface area is 113 Å². The van der Waals surface area contributed by atoms with E-state index in [4.69, 9.17) is 5.73 Å². The van der Waals surface area contributed by atoms with E-state index >= 15 is 0 Å². The number of nitrogen functional groups attached to an aromatic ring is 1. The first-order chi connectivity index (χ1) is 8.38. The van der Waals surface area contributed by atoms with Crippen molar-refractivity contribution in [3.8, 4) is 0 Å². The van der Waals surface area contributed by atoms with Crippen LogP contribution in [0.4, 0.5) is 5.13 Å². The molecule has 2 rings (SSSR count). The molecule has 1 aliphatic rings. The molecule has 1 fully saturated rings. The van der Waals surface area contributed by atoms with Gasteiger partial charge in [0.2, 0.25) is 0 Å². The van der Waals surface area contributed by atoms with Gasteiger partial charge in [-0.1, -0.05) is 32.1 Å². The topological polar surface area (TPSA) is 59.1 Å². The number of aliphatic hydroxyl groups is 1. The maximum absolute atomic E-state index is 10.4. The van der Waals surface area contributed by atoms with E-state index in [0.29, 0.717) is 16.5 Å². The number of aliphatic hydroxyl groups excluding tert-OH is 1. The molecule has 1 saturated carbocycles. The highest BCUT2D eigenvalue weighted by atomic mass is 32.1. The maximum atomic E-state index is 10.4. The zero-order valence-electron chi connectivity index (χ0n) is 11.5. The van der Waals surface area contributed by atoms with Crippen LogP contribution >= 0.6 is 11.3 Å². The minimum Gasteiger partial charge on any atom is -0.387 e. The lowest BCUT2D eigenvalue weighted by Crippen LogP contribution is -2.27. The molecular weight excluding hydrogens is 244 g/mol. The highest BCUT2D eigenvalue weighted by Crippen LogP contribution is 2.44. The third-order valence-corrected chi connectivity index (χ3v) is 5.17. The Kier molecular flexibility index (Phi) is 3.97. The number of nitrogens with two attached hydrogens (primary N) is 1. The summed E-state index contributed by atoms with van der Waals surface area (Å²) < 4.78 is 0. The fourth-order valence-corrected chi connectivity index (χ4v) is 3.74. The Morgan fingerprint density at radius 1 is 1.33 bits per heavy atom. The number of aromatic nitrogens is 1. The Morgan fingerprint density at radius 2 is 1.94 bits per heavy atom. The van der Waals surface area contributed by atoms with E-state index in [-0.39, 0.29) is 6.10 Å². The number of nitrogens with zero attached hydrogens (tertiary/aromatic N) is 1. The van der Waals surface area contributed by atoms with Crippen molar-refractivity contribution in [2.24, 2.45) is 17.3 Å². The Hall–Kier alpha value is -0.610. The molecule has 0 bridgehead atoms. The molecule has 102 valence electrons. The highest BCUT2D eigenvalue weighted by Gasteiger charge is 2.33. The van der Waals surface area contributed by atoms with E-state index < -0.39 is 0 Å². The van der Waals surface area contributed by atoms with Crippen LogP contribution in [0.15, 0.2) is 6.20 Å². The zero-order chi connectivity index (χ0) is 13.3. The largest absolute Gasteiger partial charge is 0.387 e. The summed E-state index contributed by atoms with van der Waals surface area (Å²) in [5.74, 6) is 1.16. The molecule has 1 aliphatic carbocycles. The van der Waals surface area contributed by atoms with Crippen molar-refractivity contribution in [1.82, 2.24) is 4.98 Å². The molecule has 3 N–H and O–H groups in total. The van der Waals surface area contributed by atoms with Crippen molar-refractivity contribution in [1.29, 1.82) is 0 Å². The van der Waals surface area contributed by atoms with Crippen molar-refractivity contribution in [3.05, 3.63) is 11.1 Å². The van der Waals surface area contributed by atoms with Crippen molar-refractivity contribution in [3.63, 3.8) is 0 Å². The summed E-state index contributed by atoms with van der Waals surface area (Å²) in [4.78, 5) is 4.95. The van der Waals surface area contributed by atoms with Crippen LogP contribution in [0.25, 0.3) is 0 Å². The second kappa shape index (κ2) is 5.17. The summed E-state index contributed by atoms with van der Waals surface area (Å²) in [6.07, 6.45) is 6.02. The summed E-state index contributed by atoms with van der Waals surface area (Å²) in [6.45, 7) is 6.95. The molecule has 1 unspecified atom stereocenters. The average Bonchev–Trinajstić information content (AvgIpc) is 2.74. The van der Waals surface area contributed by atoms with Crippen LogP contribution in [-0.2, 0) is 0 Å². The molecule has 0 radical (unpaired) electrons. The fourth-order valence-electron chi connectivity index (χ4n) is 2.97. The van der Waals surface area contributed by atoms with Gasteiger partial charge in [-0.05, 0) is 42.9 Å². The highest BCUT2D eigenvalue weighted by molar-refractivity contribution is 7.15. The molecule has 1 aromatic rings. The molecule has 0 amide bonds. The van der Waals surface area contributed by atoms with E-state index in [1.165, 1.54) is 24.2 Å². The van der Waals surface area contributed by atoms with Crippen molar-refractivity contribution >= 4 is 16.5 Å². The predicted molar refractivity (Wildman–Crippen MR) is 76.4 cm³/mol. The van der Waals surface area contributed by atoms with Crippen LogP contribution in [0.3, 0.4) is 0 Å². The maximum Gasteiger partial charge on any atom is 0.180 e. The van der Waals surface area contributed by atoms with Gasteiger partial charge < -0.3 is 10.8 Å². The second-order valence-corrected chi connectivity index (χ2v) is 7.62. The quantitative estimate of drug-likeness (QED) is 0.861. The fraction of sp³-hybridized carbons (Fsp3) is 0.786. The van der Waals surface area contributed by atoms with Gasteiger partial charge in [0, 0.05) is 6.20 Å². The van der Waals surface area contributed by atoms with Crippen molar-refractivity contribution in [2.45, 2.75) is 52.6 Å². The molecular formula is C14H24N2OS. The first-order valence-electron chi connectivity index (χ1n) is 6.77. The average molecular weight is 268 g/mol. The van der Waals surface area contributed by atoms with Gasteiger partial charge in [-0.3, -0.25) is 0 Å². The number of thiazole rings is 1. The summed E-state index contributed by atoms with van der Waals surface area (Å²) in [6, 6.07) is 0.